The van der Waals surface area contributed by atoms with Crippen LogP contribution in [0.5, 0.6) is 5.75 Å². The minimum absolute atomic E-state index is 0.104. The second kappa shape index (κ2) is 7.85. The molecule has 2 atom stereocenters. The summed E-state index contributed by atoms with van der Waals surface area (Å²) in [6, 6.07) is 5.21. The first-order chi connectivity index (χ1) is 9.42. The molecule has 1 amide bonds. The van der Waals surface area contributed by atoms with Crippen LogP contribution in [0.3, 0.4) is 0 Å². The summed E-state index contributed by atoms with van der Waals surface area (Å²) in [5, 5.41) is 12.0. The Balaban J connectivity index is 2.51. The van der Waals surface area contributed by atoms with Crippen LogP contribution in [0.4, 0.5) is 4.39 Å². The van der Waals surface area contributed by atoms with Crippen molar-refractivity contribution in [1.82, 2.24) is 5.32 Å². The number of carbonyl (C=O) groups is 1. The zero-order valence-electron chi connectivity index (χ0n) is 12.1. The molecular weight excluding hydrogens is 261 g/mol. The molecule has 112 valence electrons. The van der Waals surface area contributed by atoms with Crippen LogP contribution in [0.1, 0.15) is 27.2 Å². The molecule has 1 aromatic rings. The molecule has 5 heteroatoms. The number of benzene rings is 1. The maximum absolute atomic E-state index is 12.8. The molecule has 0 saturated carbocycles. The summed E-state index contributed by atoms with van der Waals surface area (Å²) >= 11 is 0. The maximum atomic E-state index is 12.8. The third-order valence-electron chi connectivity index (χ3n) is 2.82. The molecule has 0 aliphatic carbocycles. The van der Waals surface area contributed by atoms with Gasteiger partial charge in [-0.2, -0.15) is 0 Å². The molecule has 0 fully saturated rings. The van der Waals surface area contributed by atoms with Gasteiger partial charge in [-0.15, -0.1) is 0 Å². The van der Waals surface area contributed by atoms with Crippen LogP contribution in [0.2, 0.25) is 0 Å². The van der Waals surface area contributed by atoms with E-state index in [0.29, 0.717) is 18.1 Å². The standard InChI is InChI=1S/C15H22FNO3/c1-10(2)8-13(9-18)17-15(19)11(3)20-14-6-4-12(16)5-7-14/h4-7,10-11,13,18H,8-9H2,1-3H3,(H,17,19). The Morgan fingerprint density at radius 1 is 1.30 bits per heavy atom. The highest BCUT2D eigenvalue weighted by Gasteiger charge is 2.19. The number of ether oxygens (including phenoxy) is 1. The third-order valence-corrected chi connectivity index (χ3v) is 2.82. The first-order valence-electron chi connectivity index (χ1n) is 6.75. The molecule has 0 aliphatic rings. The van der Waals surface area contributed by atoms with Crippen molar-refractivity contribution in [2.24, 2.45) is 5.92 Å². The highest BCUT2D eigenvalue weighted by molar-refractivity contribution is 5.81. The van der Waals surface area contributed by atoms with Gasteiger partial charge in [0, 0.05) is 0 Å². The molecule has 0 radical (unpaired) electrons. The summed E-state index contributed by atoms with van der Waals surface area (Å²) < 4.78 is 18.2. The number of halogens is 1. The van der Waals surface area contributed by atoms with Crippen molar-refractivity contribution in [2.45, 2.75) is 39.3 Å². The Morgan fingerprint density at radius 3 is 2.40 bits per heavy atom. The van der Waals surface area contributed by atoms with E-state index in [9.17, 15) is 14.3 Å². The first-order valence-corrected chi connectivity index (χ1v) is 6.75. The van der Waals surface area contributed by atoms with Gasteiger partial charge in [0.2, 0.25) is 0 Å². The Labute approximate surface area is 119 Å². The van der Waals surface area contributed by atoms with Crippen LogP contribution in [-0.2, 0) is 4.79 Å². The zero-order valence-corrected chi connectivity index (χ0v) is 12.1. The van der Waals surface area contributed by atoms with Gasteiger partial charge in [0.05, 0.1) is 12.6 Å². The van der Waals surface area contributed by atoms with E-state index in [1.54, 1.807) is 6.92 Å². The van der Waals surface area contributed by atoms with Crippen LogP contribution >= 0.6 is 0 Å². The van der Waals surface area contributed by atoms with Crippen LogP contribution in [0, 0.1) is 11.7 Å². The largest absolute Gasteiger partial charge is 0.481 e. The molecule has 0 spiro atoms. The van der Waals surface area contributed by atoms with Crippen LogP contribution in [0.15, 0.2) is 24.3 Å². The number of hydrogen-bond acceptors (Lipinski definition) is 3. The maximum Gasteiger partial charge on any atom is 0.261 e. The highest BCUT2D eigenvalue weighted by atomic mass is 19.1. The van der Waals surface area contributed by atoms with Gasteiger partial charge in [-0.3, -0.25) is 4.79 Å². The number of nitrogens with one attached hydrogen (secondary N) is 1. The van der Waals surface area contributed by atoms with Gasteiger partial charge in [0.1, 0.15) is 11.6 Å². The molecule has 1 aromatic carbocycles. The minimum atomic E-state index is -0.707. The molecule has 2 N–H and O–H groups in total. The minimum Gasteiger partial charge on any atom is -0.481 e. The van der Waals surface area contributed by atoms with Gasteiger partial charge in [-0.1, -0.05) is 13.8 Å². The predicted molar refractivity (Wildman–Crippen MR) is 75.0 cm³/mol. The molecule has 20 heavy (non-hydrogen) atoms. The van der Waals surface area contributed by atoms with Gasteiger partial charge in [-0.25, -0.2) is 4.39 Å². The Morgan fingerprint density at radius 2 is 1.90 bits per heavy atom. The number of amides is 1. The van der Waals surface area contributed by atoms with E-state index in [0.717, 1.165) is 0 Å². The van der Waals surface area contributed by atoms with Gasteiger partial charge in [0.25, 0.3) is 5.91 Å². The predicted octanol–water partition coefficient (Wildman–Crippen LogP) is 2.12. The number of aliphatic hydroxyl groups is 1. The lowest BCUT2D eigenvalue weighted by Crippen LogP contribution is -2.44. The first kappa shape index (κ1) is 16.4. The van der Waals surface area contributed by atoms with E-state index in [4.69, 9.17) is 4.74 Å². The summed E-state index contributed by atoms with van der Waals surface area (Å²) in [5.41, 5.74) is 0. The lowest BCUT2D eigenvalue weighted by atomic mass is 10.0. The van der Waals surface area contributed by atoms with E-state index in [-0.39, 0.29) is 24.4 Å². The fraction of sp³-hybridized carbons (Fsp3) is 0.533. The molecule has 0 saturated heterocycles. The molecular formula is C15H22FNO3. The highest BCUT2D eigenvalue weighted by Crippen LogP contribution is 2.13. The van der Waals surface area contributed by atoms with Crippen molar-refractivity contribution < 1.29 is 19.0 Å². The van der Waals surface area contributed by atoms with Crippen LogP contribution in [-0.4, -0.2) is 29.8 Å². The molecule has 0 heterocycles. The summed E-state index contributed by atoms with van der Waals surface area (Å²) in [4.78, 5) is 11.9. The summed E-state index contributed by atoms with van der Waals surface area (Å²) in [7, 11) is 0. The third kappa shape index (κ3) is 5.57. The van der Waals surface area contributed by atoms with Crippen LogP contribution in [0.25, 0.3) is 0 Å². The quantitative estimate of drug-likeness (QED) is 0.806. The van der Waals surface area contributed by atoms with E-state index in [2.05, 4.69) is 5.32 Å². The number of carbonyl (C=O) groups excluding carboxylic acids is 1. The number of hydrogen-bond donors (Lipinski definition) is 2. The molecule has 1 rings (SSSR count). The Hall–Kier alpha value is -1.62. The van der Waals surface area contributed by atoms with Gasteiger partial charge in [0.15, 0.2) is 6.10 Å². The molecule has 0 bridgehead atoms. The summed E-state index contributed by atoms with van der Waals surface area (Å²) in [6.07, 6.45) is -0.00687. The Kier molecular flexibility index (Phi) is 6.45. The molecule has 2 unspecified atom stereocenters. The summed E-state index contributed by atoms with van der Waals surface area (Å²) in [5.74, 6) is 0.153. The average molecular weight is 283 g/mol. The molecule has 4 nitrogen and oxygen atoms in total. The fourth-order valence-electron chi connectivity index (χ4n) is 1.84. The topological polar surface area (TPSA) is 58.6 Å². The van der Waals surface area contributed by atoms with Crippen molar-refractivity contribution in [3.63, 3.8) is 0 Å². The summed E-state index contributed by atoms with van der Waals surface area (Å²) in [6.45, 7) is 5.55. The van der Waals surface area contributed by atoms with E-state index < -0.39 is 6.10 Å². The lowest BCUT2D eigenvalue weighted by molar-refractivity contribution is -0.128. The zero-order chi connectivity index (χ0) is 15.1. The van der Waals surface area contributed by atoms with Crippen molar-refractivity contribution in [3.05, 3.63) is 30.1 Å². The van der Waals surface area contributed by atoms with E-state index >= 15 is 0 Å². The molecule has 0 aromatic heterocycles. The average Bonchev–Trinajstić information content (AvgIpc) is 2.39. The second-order valence-corrected chi connectivity index (χ2v) is 5.23. The smallest absolute Gasteiger partial charge is 0.261 e. The van der Waals surface area contributed by atoms with Crippen LogP contribution < -0.4 is 10.1 Å². The normalized spacial score (nSPS) is 13.9. The number of aliphatic hydroxyl groups excluding tert-OH is 1. The van der Waals surface area contributed by atoms with Crippen molar-refractivity contribution >= 4 is 5.91 Å². The van der Waals surface area contributed by atoms with Crippen molar-refractivity contribution in [2.75, 3.05) is 6.61 Å². The van der Waals surface area contributed by atoms with Gasteiger partial charge >= 0.3 is 0 Å². The van der Waals surface area contributed by atoms with Crippen molar-refractivity contribution in [1.29, 1.82) is 0 Å². The Bertz CT molecular complexity index is 420. The SMILES string of the molecule is CC(C)CC(CO)NC(=O)C(C)Oc1ccc(F)cc1. The van der Waals surface area contributed by atoms with Gasteiger partial charge in [-0.05, 0) is 43.5 Å². The fourth-order valence-corrected chi connectivity index (χ4v) is 1.84. The van der Waals surface area contributed by atoms with Gasteiger partial charge < -0.3 is 15.2 Å². The lowest BCUT2D eigenvalue weighted by Gasteiger charge is -2.21. The molecule has 0 aliphatic heterocycles. The van der Waals surface area contributed by atoms with Crippen molar-refractivity contribution in [3.8, 4) is 5.75 Å². The second-order valence-electron chi connectivity index (χ2n) is 5.23. The van der Waals surface area contributed by atoms with E-state index in [1.165, 1.54) is 24.3 Å². The number of rotatable bonds is 7. The van der Waals surface area contributed by atoms with E-state index in [1.807, 2.05) is 13.8 Å². The monoisotopic (exact) mass is 283 g/mol.